The van der Waals surface area contributed by atoms with Crippen LogP contribution in [0.4, 0.5) is 5.69 Å². The summed E-state index contributed by atoms with van der Waals surface area (Å²) in [6.07, 6.45) is 0. The standard InChI is InChI=1S/C20H19NO5S2/c1-3-25-16-10-12-18(13-11-16)28(23,24)21(2)15-6-8-17(9-7-15)26-20(22)19-5-4-14-27-19/h4-14H,3H2,1-2H3. The summed E-state index contributed by atoms with van der Waals surface area (Å²) in [5.41, 5.74) is 0.449. The number of carbonyl (C=O) groups excluding carboxylic acids is 1. The van der Waals surface area contributed by atoms with Crippen LogP contribution in [0.2, 0.25) is 0 Å². The Morgan fingerprint density at radius 3 is 2.21 bits per heavy atom. The highest BCUT2D eigenvalue weighted by Crippen LogP contribution is 2.26. The zero-order valence-corrected chi connectivity index (χ0v) is 17.0. The summed E-state index contributed by atoms with van der Waals surface area (Å²) in [4.78, 5) is 12.6. The Kier molecular flexibility index (Phi) is 6.01. The van der Waals surface area contributed by atoms with Crippen LogP contribution in [0.25, 0.3) is 0 Å². The molecule has 0 aliphatic carbocycles. The van der Waals surface area contributed by atoms with Gasteiger partial charge in [0.1, 0.15) is 16.4 Å². The van der Waals surface area contributed by atoms with Crippen LogP contribution in [0.15, 0.2) is 70.9 Å². The molecular formula is C20H19NO5S2. The predicted molar refractivity (Wildman–Crippen MR) is 109 cm³/mol. The number of benzene rings is 2. The van der Waals surface area contributed by atoms with E-state index in [0.29, 0.717) is 28.7 Å². The fraction of sp³-hybridized carbons (Fsp3) is 0.150. The molecule has 0 saturated carbocycles. The molecule has 6 nitrogen and oxygen atoms in total. The molecule has 0 N–H and O–H groups in total. The van der Waals surface area contributed by atoms with E-state index >= 15 is 0 Å². The first-order valence-electron chi connectivity index (χ1n) is 8.49. The summed E-state index contributed by atoms with van der Waals surface area (Å²) in [5.74, 6) is 0.508. The highest BCUT2D eigenvalue weighted by molar-refractivity contribution is 7.92. The van der Waals surface area contributed by atoms with E-state index < -0.39 is 16.0 Å². The van der Waals surface area contributed by atoms with Crippen molar-refractivity contribution in [3.05, 3.63) is 70.9 Å². The highest BCUT2D eigenvalue weighted by atomic mass is 32.2. The minimum Gasteiger partial charge on any atom is -0.494 e. The Bertz CT molecular complexity index is 1030. The van der Waals surface area contributed by atoms with Gasteiger partial charge in [-0.15, -0.1) is 11.3 Å². The topological polar surface area (TPSA) is 72.9 Å². The van der Waals surface area contributed by atoms with E-state index in [9.17, 15) is 13.2 Å². The minimum absolute atomic E-state index is 0.159. The van der Waals surface area contributed by atoms with Gasteiger partial charge in [0, 0.05) is 7.05 Å². The average molecular weight is 418 g/mol. The number of sulfonamides is 1. The van der Waals surface area contributed by atoms with Crippen molar-refractivity contribution in [2.75, 3.05) is 18.0 Å². The van der Waals surface area contributed by atoms with Crippen molar-refractivity contribution in [1.82, 2.24) is 0 Å². The molecule has 2 aromatic carbocycles. The van der Waals surface area contributed by atoms with Crippen LogP contribution in [0, 0.1) is 0 Å². The lowest BCUT2D eigenvalue weighted by Gasteiger charge is -2.20. The maximum Gasteiger partial charge on any atom is 0.353 e. The number of carbonyl (C=O) groups is 1. The van der Waals surface area contributed by atoms with Crippen LogP contribution in [-0.4, -0.2) is 28.0 Å². The van der Waals surface area contributed by atoms with Gasteiger partial charge in [-0.1, -0.05) is 6.07 Å². The van der Waals surface area contributed by atoms with Crippen LogP contribution < -0.4 is 13.8 Å². The molecule has 0 bridgehead atoms. The van der Waals surface area contributed by atoms with Gasteiger partial charge in [0.05, 0.1) is 17.2 Å². The smallest absolute Gasteiger partial charge is 0.353 e. The third kappa shape index (κ3) is 4.35. The Morgan fingerprint density at radius 2 is 1.64 bits per heavy atom. The fourth-order valence-corrected chi connectivity index (χ4v) is 4.24. The Labute approximate surface area is 168 Å². The maximum absolute atomic E-state index is 12.8. The van der Waals surface area contributed by atoms with Gasteiger partial charge in [0.25, 0.3) is 10.0 Å². The summed E-state index contributed by atoms with van der Waals surface area (Å²) in [5, 5.41) is 1.79. The van der Waals surface area contributed by atoms with Crippen molar-refractivity contribution >= 4 is 33.0 Å². The first-order chi connectivity index (χ1) is 13.4. The van der Waals surface area contributed by atoms with Gasteiger partial charge in [-0.05, 0) is 66.9 Å². The SMILES string of the molecule is CCOc1ccc(S(=O)(=O)N(C)c2ccc(OC(=O)c3cccs3)cc2)cc1. The lowest BCUT2D eigenvalue weighted by atomic mass is 10.3. The van der Waals surface area contributed by atoms with Gasteiger partial charge < -0.3 is 9.47 Å². The first-order valence-corrected chi connectivity index (χ1v) is 10.8. The molecule has 0 aliphatic rings. The van der Waals surface area contributed by atoms with E-state index in [1.165, 1.54) is 34.8 Å². The zero-order valence-electron chi connectivity index (χ0n) is 15.4. The molecule has 0 aliphatic heterocycles. The molecule has 28 heavy (non-hydrogen) atoms. The molecule has 8 heteroatoms. The zero-order chi connectivity index (χ0) is 20.1. The molecule has 1 heterocycles. The van der Waals surface area contributed by atoms with E-state index in [-0.39, 0.29) is 4.90 Å². The van der Waals surface area contributed by atoms with Crippen LogP contribution in [0.3, 0.4) is 0 Å². The molecular weight excluding hydrogens is 398 g/mol. The van der Waals surface area contributed by atoms with Gasteiger partial charge in [-0.3, -0.25) is 4.31 Å². The van der Waals surface area contributed by atoms with E-state index in [0.717, 1.165) is 0 Å². The molecule has 0 spiro atoms. The minimum atomic E-state index is -3.72. The summed E-state index contributed by atoms with van der Waals surface area (Å²) in [6, 6.07) is 16.0. The lowest BCUT2D eigenvalue weighted by Crippen LogP contribution is -2.26. The van der Waals surface area contributed by atoms with Crippen molar-refractivity contribution in [3.63, 3.8) is 0 Å². The average Bonchev–Trinajstić information content (AvgIpc) is 3.24. The van der Waals surface area contributed by atoms with E-state index in [2.05, 4.69) is 0 Å². The first kappa shape index (κ1) is 19.9. The van der Waals surface area contributed by atoms with Crippen molar-refractivity contribution < 1.29 is 22.7 Å². The lowest BCUT2D eigenvalue weighted by molar-refractivity contribution is 0.0740. The maximum atomic E-state index is 12.8. The highest BCUT2D eigenvalue weighted by Gasteiger charge is 2.21. The quantitative estimate of drug-likeness (QED) is 0.426. The number of rotatable bonds is 7. The van der Waals surface area contributed by atoms with Gasteiger partial charge in [-0.2, -0.15) is 0 Å². The summed E-state index contributed by atoms with van der Waals surface area (Å²) in [7, 11) is -2.25. The molecule has 3 rings (SSSR count). The molecule has 0 fully saturated rings. The van der Waals surface area contributed by atoms with E-state index in [1.807, 2.05) is 6.92 Å². The molecule has 0 atom stereocenters. The van der Waals surface area contributed by atoms with Crippen LogP contribution in [-0.2, 0) is 10.0 Å². The fourth-order valence-electron chi connectivity index (χ4n) is 2.45. The largest absolute Gasteiger partial charge is 0.494 e. The molecule has 0 amide bonds. The second kappa shape index (κ2) is 8.45. The third-order valence-corrected chi connectivity index (χ3v) is 6.58. The van der Waals surface area contributed by atoms with Crippen LogP contribution in [0.5, 0.6) is 11.5 Å². The summed E-state index contributed by atoms with van der Waals surface area (Å²) in [6.45, 7) is 2.37. The number of ether oxygens (including phenoxy) is 2. The van der Waals surface area contributed by atoms with Crippen LogP contribution in [0.1, 0.15) is 16.6 Å². The summed E-state index contributed by atoms with van der Waals surface area (Å²) >= 11 is 1.29. The number of hydrogen-bond acceptors (Lipinski definition) is 6. The second-order valence-corrected chi connectivity index (χ2v) is 8.65. The molecule has 0 radical (unpaired) electrons. The number of anilines is 1. The normalized spacial score (nSPS) is 11.1. The van der Waals surface area contributed by atoms with Gasteiger partial charge in [0.2, 0.25) is 0 Å². The number of nitrogens with zero attached hydrogens (tertiary/aromatic N) is 1. The van der Waals surface area contributed by atoms with Crippen molar-refractivity contribution in [1.29, 1.82) is 0 Å². The number of thiophene rings is 1. The number of hydrogen-bond donors (Lipinski definition) is 0. The number of esters is 1. The molecule has 1 aromatic heterocycles. The molecule has 3 aromatic rings. The van der Waals surface area contributed by atoms with Crippen molar-refractivity contribution in [2.45, 2.75) is 11.8 Å². The van der Waals surface area contributed by atoms with Gasteiger partial charge >= 0.3 is 5.97 Å². The molecule has 0 saturated heterocycles. The summed E-state index contributed by atoms with van der Waals surface area (Å²) < 4.78 is 37.4. The van der Waals surface area contributed by atoms with Gasteiger partial charge in [0.15, 0.2) is 0 Å². The Balaban J connectivity index is 1.74. The van der Waals surface area contributed by atoms with Gasteiger partial charge in [-0.25, -0.2) is 13.2 Å². The Hall–Kier alpha value is -2.84. The molecule has 146 valence electrons. The van der Waals surface area contributed by atoms with Crippen LogP contribution >= 0.6 is 11.3 Å². The van der Waals surface area contributed by atoms with E-state index in [4.69, 9.17) is 9.47 Å². The monoisotopic (exact) mass is 417 g/mol. The molecule has 0 unspecified atom stereocenters. The van der Waals surface area contributed by atoms with E-state index in [1.54, 1.807) is 53.9 Å². The second-order valence-electron chi connectivity index (χ2n) is 5.74. The van der Waals surface area contributed by atoms with Crippen molar-refractivity contribution in [3.8, 4) is 11.5 Å². The third-order valence-electron chi connectivity index (χ3n) is 3.93. The van der Waals surface area contributed by atoms with Crippen molar-refractivity contribution in [2.24, 2.45) is 0 Å². The Morgan fingerprint density at radius 1 is 1.00 bits per heavy atom. The predicted octanol–water partition coefficient (Wildman–Crippen LogP) is 4.19.